The largest absolute Gasteiger partial charge is 0.317 e. The summed E-state index contributed by atoms with van der Waals surface area (Å²) in [6.45, 7) is 10.4. The van der Waals surface area contributed by atoms with Crippen LogP contribution < -0.4 is 5.32 Å². The van der Waals surface area contributed by atoms with Gasteiger partial charge in [-0.05, 0) is 43.7 Å². The number of hydrogen-bond donors (Lipinski definition) is 1. The predicted octanol–water partition coefficient (Wildman–Crippen LogP) is 6.28. The lowest BCUT2D eigenvalue weighted by Gasteiger charge is -2.18. The number of benzene rings is 2. The number of nitrogens with one attached hydrogen (secondary N) is 1. The summed E-state index contributed by atoms with van der Waals surface area (Å²) in [6.07, 6.45) is 5.15. The van der Waals surface area contributed by atoms with Crippen molar-refractivity contribution in [2.75, 3.05) is 0 Å². The lowest BCUT2D eigenvalue weighted by atomic mass is 9.93. The van der Waals surface area contributed by atoms with Crippen LogP contribution in [0.2, 0.25) is 0 Å². The Morgan fingerprint density at radius 1 is 0.935 bits per heavy atom. The highest BCUT2D eigenvalue weighted by Crippen LogP contribution is 2.34. The molecule has 2 aromatic carbocycles. The molecule has 4 nitrogen and oxygen atoms in total. The van der Waals surface area contributed by atoms with Crippen molar-refractivity contribution in [3.05, 3.63) is 76.5 Å². The summed E-state index contributed by atoms with van der Waals surface area (Å²) in [5.74, 6) is 0.699. The van der Waals surface area contributed by atoms with E-state index in [9.17, 15) is 4.79 Å². The number of amidine groups is 1. The quantitative estimate of drug-likeness (QED) is 0.587. The van der Waals surface area contributed by atoms with Crippen LogP contribution in [0, 0.1) is 6.92 Å². The minimum atomic E-state index is 0.615. The molecule has 164 valence electrons. The second-order valence-electron chi connectivity index (χ2n) is 7.32. The molecule has 2 aliphatic rings. The molecule has 31 heavy (non-hydrogen) atoms. The van der Waals surface area contributed by atoms with Gasteiger partial charge in [-0.2, -0.15) is 0 Å². The molecule has 0 bridgehead atoms. The Hall–Kier alpha value is -3.01. The molecule has 4 heteroatoms. The topological polar surface area (TPSA) is 53.8 Å². The third-order valence-electron chi connectivity index (χ3n) is 5.25. The van der Waals surface area contributed by atoms with E-state index in [4.69, 9.17) is 4.99 Å². The molecule has 2 aromatic rings. The molecular formula is C27H35N3O. The summed E-state index contributed by atoms with van der Waals surface area (Å²) in [5.41, 5.74) is 8.28. The minimum Gasteiger partial charge on any atom is -0.317 e. The van der Waals surface area contributed by atoms with Crippen molar-refractivity contribution in [2.45, 2.75) is 66.7 Å². The first-order valence-electron chi connectivity index (χ1n) is 11.4. The van der Waals surface area contributed by atoms with E-state index in [-0.39, 0.29) is 0 Å². The van der Waals surface area contributed by atoms with Crippen molar-refractivity contribution in [1.82, 2.24) is 5.32 Å². The number of nitrogens with zero attached hydrogens (tertiary/aromatic N) is 2. The number of aliphatic imine (C=N–C) groups is 2. The van der Waals surface area contributed by atoms with Crippen LogP contribution in [0.3, 0.4) is 0 Å². The molecule has 0 atom stereocenters. The number of fused-ring (bicyclic) bond motifs is 2. The number of carbonyl (C=O) groups excluding carboxylic acids is 1. The summed E-state index contributed by atoms with van der Waals surface area (Å²) in [4.78, 5) is 20.1. The Morgan fingerprint density at radius 3 is 2.29 bits per heavy atom. The fraction of sp³-hybridized carbons (Fsp3) is 0.370. The number of amides is 1. The van der Waals surface area contributed by atoms with Crippen LogP contribution in [0.15, 0.2) is 64.2 Å². The first-order chi connectivity index (χ1) is 15.1. The van der Waals surface area contributed by atoms with Gasteiger partial charge in [0.2, 0.25) is 6.41 Å². The van der Waals surface area contributed by atoms with E-state index in [2.05, 4.69) is 73.5 Å². The van der Waals surface area contributed by atoms with Crippen LogP contribution in [0.1, 0.15) is 69.2 Å². The molecule has 0 aromatic heterocycles. The Kier molecular flexibility index (Phi) is 9.89. The van der Waals surface area contributed by atoms with Crippen LogP contribution in [-0.4, -0.2) is 18.0 Å². The normalized spacial score (nSPS) is 14.2. The molecule has 1 aliphatic carbocycles. The summed E-state index contributed by atoms with van der Waals surface area (Å²) < 4.78 is 0. The molecule has 0 spiro atoms. The van der Waals surface area contributed by atoms with Gasteiger partial charge < -0.3 is 5.32 Å². The van der Waals surface area contributed by atoms with Crippen molar-refractivity contribution in [1.29, 1.82) is 0 Å². The Labute approximate surface area is 187 Å². The fourth-order valence-corrected chi connectivity index (χ4v) is 3.50. The lowest BCUT2D eigenvalue weighted by Crippen LogP contribution is -2.24. The maximum Gasteiger partial charge on any atom is 0.212 e. The van der Waals surface area contributed by atoms with Crippen molar-refractivity contribution in [3.8, 4) is 0 Å². The maximum atomic E-state index is 10.7. The van der Waals surface area contributed by atoms with E-state index >= 15 is 0 Å². The molecule has 1 heterocycles. The summed E-state index contributed by atoms with van der Waals surface area (Å²) in [7, 11) is 0. The molecule has 1 amide bonds. The predicted molar refractivity (Wildman–Crippen MR) is 133 cm³/mol. The second kappa shape index (κ2) is 12.6. The van der Waals surface area contributed by atoms with Gasteiger partial charge >= 0.3 is 0 Å². The van der Waals surface area contributed by atoms with Crippen molar-refractivity contribution in [2.24, 2.45) is 9.98 Å². The van der Waals surface area contributed by atoms with Crippen LogP contribution in [0.5, 0.6) is 0 Å². The second-order valence-corrected chi connectivity index (χ2v) is 7.32. The third kappa shape index (κ3) is 6.74. The molecule has 0 radical (unpaired) electrons. The third-order valence-corrected chi connectivity index (χ3v) is 5.25. The molecule has 1 aliphatic heterocycles. The van der Waals surface area contributed by atoms with Crippen LogP contribution in [0.25, 0.3) is 5.70 Å². The van der Waals surface area contributed by atoms with E-state index in [1.165, 1.54) is 22.3 Å². The first kappa shape index (κ1) is 24.3. The number of allylic oxidation sites excluding steroid dienone is 1. The summed E-state index contributed by atoms with van der Waals surface area (Å²) in [5, 5.41) is 2.70. The zero-order valence-corrected chi connectivity index (χ0v) is 19.5. The monoisotopic (exact) mass is 417 g/mol. The smallest absolute Gasteiger partial charge is 0.212 e. The van der Waals surface area contributed by atoms with Gasteiger partial charge in [0, 0.05) is 17.7 Å². The average molecular weight is 418 g/mol. The van der Waals surface area contributed by atoms with Gasteiger partial charge in [0.05, 0.1) is 11.4 Å². The van der Waals surface area contributed by atoms with Gasteiger partial charge in [-0.3, -0.25) is 9.79 Å². The SMILES string of the molecule is CC.CCC1=NC2=C(CCc3ccccc32)N=C(NC=O)C1.CCc1ccc(C)cc1. The number of rotatable bonds is 3. The molecule has 0 saturated heterocycles. The van der Waals surface area contributed by atoms with Gasteiger partial charge in [-0.15, -0.1) is 0 Å². The van der Waals surface area contributed by atoms with Gasteiger partial charge in [0.25, 0.3) is 0 Å². The number of carbonyl (C=O) groups is 1. The number of hydrogen-bond acceptors (Lipinski definition) is 3. The zero-order chi connectivity index (χ0) is 22.6. The van der Waals surface area contributed by atoms with Crippen molar-refractivity contribution in [3.63, 3.8) is 0 Å². The average Bonchev–Trinajstić information content (AvgIpc) is 3.00. The summed E-state index contributed by atoms with van der Waals surface area (Å²) in [6, 6.07) is 17.0. The molecule has 0 unspecified atom stereocenters. The van der Waals surface area contributed by atoms with Gasteiger partial charge in [-0.1, -0.05) is 81.8 Å². The highest BCUT2D eigenvalue weighted by Gasteiger charge is 2.21. The van der Waals surface area contributed by atoms with Crippen molar-refractivity contribution < 1.29 is 4.79 Å². The highest BCUT2D eigenvalue weighted by atomic mass is 16.1. The Bertz CT molecular complexity index is 953. The standard InChI is InChI=1S/C16H17N3O.C9H12.C2H6/c1-2-12-9-15(17-10-20)19-14-8-7-11-5-3-4-6-13(11)16(14)18-12;1-3-9-6-4-8(2)5-7-9;1-2/h3-6,10H,2,7-9H2,1H3,(H,17,19,20);4-7H,3H2,1-2H3;1-2H3. The summed E-state index contributed by atoms with van der Waals surface area (Å²) >= 11 is 0. The molecule has 0 saturated carbocycles. The zero-order valence-electron chi connectivity index (χ0n) is 19.5. The molecular weight excluding hydrogens is 382 g/mol. The maximum absolute atomic E-state index is 10.7. The first-order valence-corrected chi connectivity index (χ1v) is 11.4. The van der Waals surface area contributed by atoms with E-state index in [0.29, 0.717) is 18.7 Å². The minimum absolute atomic E-state index is 0.615. The van der Waals surface area contributed by atoms with Crippen LogP contribution >= 0.6 is 0 Å². The lowest BCUT2D eigenvalue weighted by molar-refractivity contribution is -0.108. The Balaban J connectivity index is 0.000000261. The van der Waals surface area contributed by atoms with Gasteiger partial charge in [0.1, 0.15) is 5.84 Å². The highest BCUT2D eigenvalue weighted by molar-refractivity contribution is 6.09. The van der Waals surface area contributed by atoms with Gasteiger partial charge in [-0.25, -0.2) is 4.99 Å². The molecule has 1 N–H and O–H groups in total. The molecule has 0 fully saturated rings. The van der Waals surface area contributed by atoms with Crippen LogP contribution in [-0.2, 0) is 17.6 Å². The van der Waals surface area contributed by atoms with Crippen LogP contribution in [0.4, 0.5) is 0 Å². The van der Waals surface area contributed by atoms with E-state index in [1.54, 1.807) is 0 Å². The van der Waals surface area contributed by atoms with E-state index in [1.807, 2.05) is 19.9 Å². The van der Waals surface area contributed by atoms with E-state index < -0.39 is 0 Å². The number of aryl methyl sites for hydroxylation is 3. The van der Waals surface area contributed by atoms with Gasteiger partial charge in [0.15, 0.2) is 0 Å². The Morgan fingerprint density at radius 2 is 1.65 bits per heavy atom. The fourth-order valence-electron chi connectivity index (χ4n) is 3.50. The molecule has 4 rings (SSSR count). The van der Waals surface area contributed by atoms with E-state index in [0.717, 1.165) is 42.8 Å². The van der Waals surface area contributed by atoms with Crippen molar-refractivity contribution >= 4 is 23.7 Å².